The normalized spacial score (nSPS) is 29.4. The van der Waals surface area contributed by atoms with Crippen LogP contribution in [0, 0.1) is 23.6 Å². The molecule has 108 valence electrons. The van der Waals surface area contributed by atoms with Crippen molar-refractivity contribution in [3.05, 3.63) is 29.6 Å². The topological polar surface area (TPSA) is 49.3 Å². The van der Waals surface area contributed by atoms with Crippen molar-refractivity contribution in [2.45, 2.75) is 38.6 Å². The zero-order valence-corrected chi connectivity index (χ0v) is 11.6. The van der Waals surface area contributed by atoms with Gasteiger partial charge in [0, 0.05) is 6.04 Å². The van der Waals surface area contributed by atoms with E-state index in [1.807, 2.05) is 6.92 Å². The average molecular weight is 277 g/mol. The minimum absolute atomic E-state index is 0.0139. The standard InChI is InChI=1S/C16H20FNO2/c1-9(13-8-10-5-6-11(13)7-10)18-15-12(16(19)20)3-2-4-14(15)17/h2-4,9-11,13,18H,5-8H2,1H3,(H,19,20). The molecule has 4 heteroatoms. The summed E-state index contributed by atoms with van der Waals surface area (Å²) in [5.41, 5.74) is 0.148. The predicted molar refractivity (Wildman–Crippen MR) is 75.4 cm³/mol. The second kappa shape index (κ2) is 5.08. The van der Waals surface area contributed by atoms with Crippen LogP contribution in [-0.2, 0) is 0 Å². The Balaban J connectivity index is 1.79. The number of carbonyl (C=O) groups is 1. The molecule has 0 amide bonds. The SMILES string of the molecule is CC(Nc1c(F)cccc1C(=O)O)C1CC2CCC1C2. The van der Waals surface area contributed by atoms with Gasteiger partial charge in [-0.25, -0.2) is 9.18 Å². The number of halogens is 1. The van der Waals surface area contributed by atoms with Crippen LogP contribution in [0.1, 0.15) is 43.0 Å². The summed E-state index contributed by atoms with van der Waals surface area (Å²) < 4.78 is 13.9. The van der Waals surface area contributed by atoms with Gasteiger partial charge in [0.2, 0.25) is 0 Å². The van der Waals surface area contributed by atoms with Gasteiger partial charge in [-0.3, -0.25) is 0 Å². The third-order valence-electron chi connectivity index (χ3n) is 5.05. The number of benzene rings is 1. The molecule has 2 saturated carbocycles. The molecule has 0 spiro atoms. The number of anilines is 1. The van der Waals surface area contributed by atoms with Crippen molar-refractivity contribution in [1.29, 1.82) is 0 Å². The van der Waals surface area contributed by atoms with Gasteiger partial charge < -0.3 is 10.4 Å². The Hall–Kier alpha value is -1.58. The quantitative estimate of drug-likeness (QED) is 0.881. The third-order valence-corrected chi connectivity index (χ3v) is 5.05. The van der Waals surface area contributed by atoms with Gasteiger partial charge in [0.15, 0.2) is 0 Å². The highest BCUT2D eigenvalue weighted by atomic mass is 19.1. The Labute approximate surface area is 118 Å². The zero-order valence-electron chi connectivity index (χ0n) is 11.6. The van der Waals surface area contributed by atoms with Gasteiger partial charge in [-0.2, -0.15) is 0 Å². The maximum absolute atomic E-state index is 13.9. The highest BCUT2D eigenvalue weighted by Crippen LogP contribution is 2.50. The highest BCUT2D eigenvalue weighted by Gasteiger charge is 2.42. The Morgan fingerprint density at radius 2 is 2.20 bits per heavy atom. The Bertz CT molecular complexity index is 531. The molecule has 20 heavy (non-hydrogen) atoms. The molecule has 3 rings (SSSR count). The first-order valence-electron chi connectivity index (χ1n) is 7.34. The molecule has 2 aliphatic rings. The summed E-state index contributed by atoms with van der Waals surface area (Å²) in [6, 6.07) is 4.30. The lowest BCUT2D eigenvalue weighted by Gasteiger charge is -2.29. The number of nitrogens with one attached hydrogen (secondary N) is 1. The van der Waals surface area contributed by atoms with E-state index in [-0.39, 0.29) is 17.3 Å². The number of para-hydroxylation sites is 1. The summed E-state index contributed by atoms with van der Waals surface area (Å²) >= 11 is 0. The van der Waals surface area contributed by atoms with Crippen LogP contribution in [0.15, 0.2) is 18.2 Å². The lowest BCUT2D eigenvalue weighted by molar-refractivity contribution is 0.0697. The van der Waals surface area contributed by atoms with Gasteiger partial charge in [-0.05, 0) is 56.1 Å². The first kappa shape index (κ1) is 13.4. The van der Waals surface area contributed by atoms with Crippen LogP contribution in [0.4, 0.5) is 10.1 Å². The van der Waals surface area contributed by atoms with Crippen molar-refractivity contribution < 1.29 is 14.3 Å². The minimum atomic E-state index is -1.09. The summed E-state index contributed by atoms with van der Waals surface area (Å²) in [6.07, 6.45) is 5.08. The molecular formula is C16H20FNO2. The molecule has 0 heterocycles. The maximum atomic E-state index is 13.9. The fourth-order valence-corrected chi connectivity index (χ4v) is 4.09. The number of carboxylic acids is 1. The van der Waals surface area contributed by atoms with Crippen LogP contribution in [0.25, 0.3) is 0 Å². The van der Waals surface area contributed by atoms with Crippen LogP contribution in [0.5, 0.6) is 0 Å². The third kappa shape index (κ3) is 2.28. The molecule has 0 saturated heterocycles. The van der Waals surface area contributed by atoms with Gasteiger partial charge in [-0.1, -0.05) is 12.5 Å². The van der Waals surface area contributed by atoms with Crippen molar-refractivity contribution in [2.75, 3.05) is 5.32 Å². The van der Waals surface area contributed by atoms with E-state index in [0.717, 1.165) is 11.8 Å². The second-order valence-corrected chi connectivity index (χ2v) is 6.24. The molecule has 2 fully saturated rings. The van der Waals surface area contributed by atoms with Gasteiger partial charge in [0.05, 0.1) is 11.3 Å². The summed E-state index contributed by atoms with van der Waals surface area (Å²) in [5, 5.41) is 12.3. The first-order valence-corrected chi connectivity index (χ1v) is 7.34. The molecule has 4 unspecified atom stereocenters. The van der Waals surface area contributed by atoms with Crippen molar-refractivity contribution >= 4 is 11.7 Å². The first-order chi connectivity index (χ1) is 9.56. The summed E-state index contributed by atoms with van der Waals surface area (Å²) in [4.78, 5) is 11.2. The van der Waals surface area contributed by atoms with Gasteiger partial charge >= 0.3 is 5.97 Å². The molecule has 4 atom stereocenters. The highest BCUT2D eigenvalue weighted by molar-refractivity contribution is 5.94. The van der Waals surface area contributed by atoms with Crippen LogP contribution < -0.4 is 5.32 Å². The maximum Gasteiger partial charge on any atom is 0.337 e. The molecule has 2 N–H and O–H groups in total. The second-order valence-electron chi connectivity index (χ2n) is 6.24. The minimum Gasteiger partial charge on any atom is -0.478 e. The van der Waals surface area contributed by atoms with E-state index in [1.54, 1.807) is 0 Å². The van der Waals surface area contributed by atoms with Crippen molar-refractivity contribution in [2.24, 2.45) is 17.8 Å². The fourth-order valence-electron chi connectivity index (χ4n) is 4.09. The number of aromatic carboxylic acids is 1. The number of carboxylic acid groups (broad SMARTS) is 1. The Kier molecular flexibility index (Phi) is 3.40. The van der Waals surface area contributed by atoms with Crippen molar-refractivity contribution in [1.82, 2.24) is 0 Å². The van der Waals surface area contributed by atoms with Crippen LogP contribution in [0.2, 0.25) is 0 Å². The number of rotatable bonds is 4. The lowest BCUT2D eigenvalue weighted by atomic mass is 9.84. The molecule has 1 aromatic rings. The van der Waals surface area contributed by atoms with E-state index in [4.69, 9.17) is 5.11 Å². The van der Waals surface area contributed by atoms with Crippen molar-refractivity contribution in [3.63, 3.8) is 0 Å². The van der Waals surface area contributed by atoms with E-state index in [1.165, 1.54) is 43.9 Å². The average Bonchev–Trinajstić information content (AvgIpc) is 3.03. The van der Waals surface area contributed by atoms with Crippen LogP contribution in [-0.4, -0.2) is 17.1 Å². The molecule has 0 radical (unpaired) electrons. The van der Waals surface area contributed by atoms with E-state index in [0.29, 0.717) is 5.92 Å². The van der Waals surface area contributed by atoms with E-state index in [9.17, 15) is 9.18 Å². The molecule has 1 aromatic carbocycles. The molecular weight excluding hydrogens is 257 g/mol. The fraction of sp³-hybridized carbons (Fsp3) is 0.562. The lowest BCUT2D eigenvalue weighted by Crippen LogP contribution is -2.31. The smallest absolute Gasteiger partial charge is 0.337 e. The van der Waals surface area contributed by atoms with E-state index >= 15 is 0 Å². The number of hydrogen-bond donors (Lipinski definition) is 2. The summed E-state index contributed by atoms with van der Waals surface area (Å²) in [7, 11) is 0. The predicted octanol–water partition coefficient (Wildman–Crippen LogP) is 3.76. The van der Waals surface area contributed by atoms with E-state index < -0.39 is 11.8 Å². The van der Waals surface area contributed by atoms with Gasteiger partial charge in [0.25, 0.3) is 0 Å². The number of hydrogen-bond acceptors (Lipinski definition) is 2. The Morgan fingerprint density at radius 3 is 2.80 bits per heavy atom. The van der Waals surface area contributed by atoms with Crippen LogP contribution >= 0.6 is 0 Å². The summed E-state index contributed by atoms with van der Waals surface area (Å²) in [6.45, 7) is 2.05. The monoisotopic (exact) mass is 277 g/mol. The molecule has 0 aromatic heterocycles. The van der Waals surface area contributed by atoms with Crippen molar-refractivity contribution in [3.8, 4) is 0 Å². The Morgan fingerprint density at radius 1 is 1.40 bits per heavy atom. The molecule has 0 aliphatic heterocycles. The number of fused-ring (bicyclic) bond motifs is 2. The summed E-state index contributed by atoms with van der Waals surface area (Å²) in [5.74, 6) is 0.512. The van der Waals surface area contributed by atoms with Crippen LogP contribution in [0.3, 0.4) is 0 Å². The molecule has 3 nitrogen and oxygen atoms in total. The molecule has 2 bridgehead atoms. The largest absolute Gasteiger partial charge is 0.478 e. The van der Waals surface area contributed by atoms with Gasteiger partial charge in [0.1, 0.15) is 5.82 Å². The zero-order chi connectivity index (χ0) is 14.3. The van der Waals surface area contributed by atoms with E-state index in [2.05, 4.69) is 5.32 Å². The molecule has 2 aliphatic carbocycles. The van der Waals surface area contributed by atoms with Gasteiger partial charge in [-0.15, -0.1) is 0 Å².